The van der Waals surface area contributed by atoms with Crippen LogP contribution in [0.2, 0.25) is 5.02 Å². The van der Waals surface area contributed by atoms with Gasteiger partial charge in [-0.05, 0) is 30.7 Å². The fourth-order valence-corrected chi connectivity index (χ4v) is 2.48. The molecule has 2 aromatic rings. The molecular weight excluding hydrogens is 251 g/mol. The minimum absolute atomic E-state index is 0.212. The molecule has 0 aliphatic carbocycles. The van der Waals surface area contributed by atoms with Gasteiger partial charge in [-0.3, -0.25) is 0 Å². The Hall–Kier alpha value is -1.54. The lowest BCUT2D eigenvalue weighted by molar-refractivity contribution is 0.269. The van der Waals surface area contributed by atoms with E-state index >= 15 is 0 Å². The lowest BCUT2D eigenvalue weighted by atomic mass is 10.0. The second-order valence-corrected chi connectivity index (χ2v) is 4.78. The molecule has 1 unspecified atom stereocenters. The molecule has 0 amide bonds. The van der Waals surface area contributed by atoms with Gasteiger partial charge >= 0.3 is 0 Å². The second-order valence-electron chi connectivity index (χ2n) is 4.37. The molecule has 0 spiro atoms. The van der Waals surface area contributed by atoms with Gasteiger partial charge in [-0.25, -0.2) is 4.39 Å². The molecule has 0 saturated carbocycles. The monoisotopic (exact) mass is 261 g/mol. The zero-order valence-corrected chi connectivity index (χ0v) is 10.4. The molecule has 0 fully saturated rings. The molecule has 0 N–H and O–H groups in total. The Kier molecular flexibility index (Phi) is 2.75. The van der Waals surface area contributed by atoms with E-state index in [1.54, 1.807) is 6.07 Å². The number of benzene rings is 2. The Balaban J connectivity index is 2.14. The second kappa shape index (κ2) is 4.29. The fourth-order valence-electron chi connectivity index (χ4n) is 2.24. The summed E-state index contributed by atoms with van der Waals surface area (Å²) in [5.41, 5.74) is 2.45. The van der Waals surface area contributed by atoms with E-state index < -0.39 is 0 Å². The topological polar surface area (TPSA) is 9.23 Å². The van der Waals surface area contributed by atoms with Crippen molar-refractivity contribution in [1.82, 2.24) is 0 Å². The Morgan fingerprint density at radius 3 is 2.83 bits per heavy atom. The fraction of sp³-hybridized carbons (Fsp3) is 0.133. The lowest BCUT2D eigenvalue weighted by Crippen LogP contribution is -2.06. The van der Waals surface area contributed by atoms with Gasteiger partial charge in [-0.15, -0.1) is 0 Å². The first-order valence-electron chi connectivity index (χ1n) is 5.72. The van der Waals surface area contributed by atoms with Crippen molar-refractivity contribution >= 4 is 11.6 Å². The summed E-state index contributed by atoms with van der Waals surface area (Å²) >= 11 is 6.12. The van der Waals surface area contributed by atoms with Crippen LogP contribution >= 0.6 is 11.6 Å². The van der Waals surface area contributed by atoms with Gasteiger partial charge < -0.3 is 4.74 Å². The summed E-state index contributed by atoms with van der Waals surface area (Å²) in [4.78, 5) is 0. The van der Waals surface area contributed by atoms with Gasteiger partial charge in [0.2, 0.25) is 0 Å². The van der Waals surface area contributed by atoms with Gasteiger partial charge in [0.05, 0.1) is 0 Å². The van der Waals surface area contributed by atoms with E-state index in [0.29, 0.717) is 17.2 Å². The average Bonchev–Trinajstić information content (AvgIpc) is 2.71. The SMILES string of the molecule is [CH2]C1Cc2cc(-c3ccccc3Cl)cc(F)c2O1. The Bertz CT molecular complexity index is 609. The van der Waals surface area contributed by atoms with Crippen molar-refractivity contribution in [3.05, 3.63) is 59.7 Å². The van der Waals surface area contributed by atoms with Crippen LogP contribution < -0.4 is 4.74 Å². The van der Waals surface area contributed by atoms with Gasteiger partial charge in [0.15, 0.2) is 11.6 Å². The minimum Gasteiger partial charge on any atom is -0.487 e. The predicted octanol–water partition coefficient (Wildman–Crippen LogP) is 4.28. The van der Waals surface area contributed by atoms with E-state index in [0.717, 1.165) is 16.7 Å². The molecule has 18 heavy (non-hydrogen) atoms. The van der Waals surface area contributed by atoms with Crippen LogP contribution in [0.1, 0.15) is 5.56 Å². The maximum atomic E-state index is 13.9. The molecule has 2 aromatic carbocycles. The molecular formula is C15H11ClFO. The average molecular weight is 262 g/mol. The van der Waals surface area contributed by atoms with E-state index in [2.05, 4.69) is 6.92 Å². The highest BCUT2D eigenvalue weighted by atomic mass is 35.5. The van der Waals surface area contributed by atoms with Crippen molar-refractivity contribution in [2.45, 2.75) is 12.5 Å². The normalized spacial score (nSPS) is 17.4. The van der Waals surface area contributed by atoms with Crippen LogP contribution in [0.25, 0.3) is 11.1 Å². The molecule has 0 saturated heterocycles. The molecule has 1 aliphatic heterocycles. The summed E-state index contributed by atoms with van der Waals surface area (Å²) < 4.78 is 19.3. The van der Waals surface area contributed by atoms with E-state index in [1.807, 2.05) is 24.3 Å². The highest BCUT2D eigenvalue weighted by Gasteiger charge is 2.24. The summed E-state index contributed by atoms with van der Waals surface area (Å²) in [6.45, 7) is 3.80. The number of halogens is 2. The Morgan fingerprint density at radius 1 is 1.28 bits per heavy atom. The molecule has 1 nitrogen and oxygen atoms in total. The van der Waals surface area contributed by atoms with E-state index in [4.69, 9.17) is 16.3 Å². The van der Waals surface area contributed by atoms with Gasteiger partial charge in [-0.1, -0.05) is 29.8 Å². The lowest BCUT2D eigenvalue weighted by Gasteiger charge is -2.08. The van der Waals surface area contributed by atoms with Crippen molar-refractivity contribution in [1.29, 1.82) is 0 Å². The summed E-state index contributed by atoms with van der Waals surface area (Å²) in [6.07, 6.45) is 0.417. The van der Waals surface area contributed by atoms with Gasteiger partial charge in [-0.2, -0.15) is 0 Å². The maximum Gasteiger partial charge on any atom is 0.165 e. The Labute approximate surface area is 110 Å². The largest absolute Gasteiger partial charge is 0.487 e. The first-order valence-corrected chi connectivity index (χ1v) is 6.10. The zero-order chi connectivity index (χ0) is 12.7. The van der Waals surface area contributed by atoms with Crippen LogP contribution in [-0.4, -0.2) is 6.10 Å². The quantitative estimate of drug-likeness (QED) is 0.744. The molecule has 91 valence electrons. The summed E-state index contributed by atoms with van der Waals surface area (Å²) in [5, 5.41) is 0.613. The van der Waals surface area contributed by atoms with Crippen molar-refractivity contribution in [3.8, 4) is 16.9 Å². The van der Waals surface area contributed by atoms with Gasteiger partial charge in [0.25, 0.3) is 0 Å². The highest BCUT2D eigenvalue weighted by molar-refractivity contribution is 6.33. The first kappa shape index (κ1) is 11.5. The van der Waals surface area contributed by atoms with E-state index in [1.165, 1.54) is 6.07 Å². The molecule has 1 atom stereocenters. The number of hydrogen-bond donors (Lipinski definition) is 0. The van der Waals surface area contributed by atoms with Crippen molar-refractivity contribution in [3.63, 3.8) is 0 Å². The van der Waals surface area contributed by atoms with Crippen LogP contribution in [0.5, 0.6) is 5.75 Å². The van der Waals surface area contributed by atoms with E-state index in [9.17, 15) is 4.39 Å². The molecule has 1 aliphatic rings. The predicted molar refractivity (Wildman–Crippen MR) is 70.3 cm³/mol. The maximum absolute atomic E-state index is 13.9. The molecule has 1 heterocycles. The van der Waals surface area contributed by atoms with Crippen molar-refractivity contribution < 1.29 is 9.13 Å². The summed E-state index contributed by atoms with van der Waals surface area (Å²) in [7, 11) is 0. The zero-order valence-electron chi connectivity index (χ0n) is 9.62. The molecule has 0 bridgehead atoms. The summed E-state index contributed by atoms with van der Waals surface area (Å²) in [5.74, 6) is -0.0284. The van der Waals surface area contributed by atoms with E-state index in [-0.39, 0.29) is 11.9 Å². The van der Waals surface area contributed by atoms with Gasteiger partial charge in [0.1, 0.15) is 6.10 Å². The third-order valence-corrected chi connectivity index (χ3v) is 3.37. The van der Waals surface area contributed by atoms with Crippen LogP contribution in [0.15, 0.2) is 36.4 Å². The smallest absolute Gasteiger partial charge is 0.165 e. The van der Waals surface area contributed by atoms with Crippen molar-refractivity contribution in [2.24, 2.45) is 0 Å². The third-order valence-electron chi connectivity index (χ3n) is 3.04. The third kappa shape index (κ3) is 1.87. The Morgan fingerprint density at radius 2 is 2.06 bits per heavy atom. The van der Waals surface area contributed by atoms with Crippen LogP contribution in [0.4, 0.5) is 4.39 Å². The van der Waals surface area contributed by atoms with Crippen molar-refractivity contribution in [2.75, 3.05) is 0 Å². The van der Waals surface area contributed by atoms with Crippen LogP contribution in [0, 0.1) is 12.7 Å². The highest BCUT2D eigenvalue weighted by Crippen LogP contribution is 2.37. The number of rotatable bonds is 1. The molecule has 1 radical (unpaired) electrons. The number of fused-ring (bicyclic) bond motifs is 1. The summed E-state index contributed by atoms with van der Waals surface area (Å²) in [6, 6.07) is 10.8. The first-order chi connectivity index (χ1) is 8.65. The van der Waals surface area contributed by atoms with Crippen LogP contribution in [-0.2, 0) is 6.42 Å². The van der Waals surface area contributed by atoms with Crippen LogP contribution in [0.3, 0.4) is 0 Å². The molecule has 0 aromatic heterocycles. The number of ether oxygens (including phenoxy) is 1. The molecule has 3 rings (SSSR count). The number of hydrogen-bond acceptors (Lipinski definition) is 1. The van der Waals surface area contributed by atoms with Gasteiger partial charge in [0, 0.05) is 22.6 Å². The standard InChI is InChI=1S/C15H11ClFO/c1-9-6-11-7-10(8-14(17)15(11)18-9)12-4-2-3-5-13(12)16/h2-5,7-9H,1,6H2. The minimum atomic E-state index is -0.353. The molecule has 3 heteroatoms.